The standard InChI is InChI=1S/C9H12O3/c10-8-7-4-6-2-1-3-12-9(6,7)5-11-8/h6-7H,1-5H2/t6-,7+,9-/m0/s1. The maximum absolute atomic E-state index is 11.2. The van der Waals surface area contributed by atoms with Gasteiger partial charge in [0.15, 0.2) is 0 Å². The molecule has 0 bridgehead atoms. The lowest BCUT2D eigenvalue weighted by molar-refractivity contribution is -0.197. The van der Waals surface area contributed by atoms with Crippen molar-refractivity contribution in [2.45, 2.75) is 24.9 Å². The molecule has 3 atom stereocenters. The SMILES string of the molecule is O=C1OC[C@]23OCCC[C@H]2C[C@H]13. The molecule has 66 valence electrons. The fraction of sp³-hybridized carbons (Fsp3) is 0.889. The van der Waals surface area contributed by atoms with Gasteiger partial charge in [-0.1, -0.05) is 0 Å². The predicted octanol–water partition coefficient (Wildman–Crippen LogP) is 0.729. The fourth-order valence-corrected chi connectivity index (χ4v) is 2.82. The van der Waals surface area contributed by atoms with Crippen LogP contribution in [0.1, 0.15) is 19.3 Å². The second-order valence-corrected chi connectivity index (χ2v) is 4.04. The third-order valence-corrected chi connectivity index (χ3v) is 3.59. The van der Waals surface area contributed by atoms with Crippen molar-refractivity contribution < 1.29 is 14.3 Å². The van der Waals surface area contributed by atoms with Crippen molar-refractivity contribution in [3.05, 3.63) is 0 Å². The molecule has 1 spiro atoms. The van der Waals surface area contributed by atoms with Crippen molar-refractivity contribution >= 4 is 5.97 Å². The molecule has 0 radical (unpaired) electrons. The third-order valence-electron chi connectivity index (χ3n) is 3.59. The maximum Gasteiger partial charge on any atom is 0.312 e. The van der Waals surface area contributed by atoms with E-state index in [0.717, 1.165) is 19.4 Å². The number of ether oxygens (including phenoxy) is 2. The summed E-state index contributed by atoms with van der Waals surface area (Å²) in [6.07, 6.45) is 3.36. The molecule has 0 aromatic rings. The van der Waals surface area contributed by atoms with Crippen LogP contribution in [0.5, 0.6) is 0 Å². The lowest BCUT2D eigenvalue weighted by Crippen LogP contribution is -2.59. The van der Waals surface area contributed by atoms with E-state index < -0.39 is 0 Å². The minimum Gasteiger partial charge on any atom is -0.462 e. The van der Waals surface area contributed by atoms with Crippen molar-refractivity contribution in [2.75, 3.05) is 13.2 Å². The second-order valence-electron chi connectivity index (χ2n) is 4.04. The van der Waals surface area contributed by atoms with Gasteiger partial charge in [0.2, 0.25) is 0 Å². The van der Waals surface area contributed by atoms with E-state index in [1.165, 1.54) is 6.42 Å². The van der Waals surface area contributed by atoms with Crippen LogP contribution < -0.4 is 0 Å². The predicted molar refractivity (Wildman–Crippen MR) is 40.5 cm³/mol. The Balaban J connectivity index is 1.91. The first-order valence-corrected chi connectivity index (χ1v) is 4.63. The van der Waals surface area contributed by atoms with E-state index in [1.54, 1.807) is 0 Å². The molecule has 2 aliphatic heterocycles. The van der Waals surface area contributed by atoms with Crippen LogP contribution in [0, 0.1) is 11.8 Å². The second kappa shape index (κ2) is 2.02. The highest BCUT2D eigenvalue weighted by Gasteiger charge is 2.65. The molecule has 0 aromatic heterocycles. The number of carbonyl (C=O) groups is 1. The van der Waals surface area contributed by atoms with Crippen LogP contribution in [0.4, 0.5) is 0 Å². The highest BCUT2D eigenvalue weighted by molar-refractivity contribution is 5.78. The molecule has 12 heavy (non-hydrogen) atoms. The molecule has 3 fully saturated rings. The summed E-state index contributed by atoms with van der Waals surface area (Å²) in [6.45, 7) is 1.32. The molecule has 1 saturated carbocycles. The molecule has 2 saturated heterocycles. The molecule has 0 N–H and O–H groups in total. The van der Waals surface area contributed by atoms with Gasteiger partial charge in [0.25, 0.3) is 0 Å². The highest BCUT2D eigenvalue weighted by Crippen LogP contribution is 2.55. The fourth-order valence-electron chi connectivity index (χ4n) is 2.82. The van der Waals surface area contributed by atoms with Crippen LogP contribution in [0.15, 0.2) is 0 Å². The van der Waals surface area contributed by atoms with Gasteiger partial charge in [-0.15, -0.1) is 0 Å². The van der Waals surface area contributed by atoms with E-state index in [0.29, 0.717) is 12.5 Å². The molecule has 1 aliphatic carbocycles. The summed E-state index contributed by atoms with van der Waals surface area (Å²) < 4.78 is 10.7. The van der Waals surface area contributed by atoms with E-state index >= 15 is 0 Å². The molecule has 3 nitrogen and oxygen atoms in total. The lowest BCUT2D eigenvalue weighted by Gasteiger charge is -2.51. The summed E-state index contributed by atoms with van der Waals surface area (Å²) in [5, 5.41) is 0. The van der Waals surface area contributed by atoms with Gasteiger partial charge in [-0.2, -0.15) is 0 Å². The molecule has 3 rings (SSSR count). The van der Waals surface area contributed by atoms with Crippen LogP contribution in [0.3, 0.4) is 0 Å². The van der Waals surface area contributed by atoms with Crippen LogP contribution in [-0.4, -0.2) is 24.8 Å². The summed E-state index contributed by atoms with van der Waals surface area (Å²) in [4.78, 5) is 11.2. The first-order valence-electron chi connectivity index (χ1n) is 4.63. The zero-order valence-electron chi connectivity index (χ0n) is 6.91. The normalized spacial score (nSPS) is 50.5. The van der Waals surface area contributed by atoms with Gasteiger partial charge < -0.3 is 9.47 Å². The smallest absolute Gasteiger partial charge is 0.312 e. The Kier molecular flexibility index (Phi) is 1.16. The molecular formula is C9H12O3. The number of esters is 1. The van der Waals surface area contributed by atoms with Crippen LogP contribution >= 0.6 is 0 Å². The topological polar surface area (TPSA) is 35.5 Å². The minimum atomic E-state index is -0.171. The Morgan fingerprint density at radius 1 is 1.50 bits per heavy atom. The summed E-state index contributed by atoms with van der Waals surface area (Å²) in [7, 11) is 0. The van der Waals surface area contributed by atoms with E-state index in [-0.39, 0.29) is 17.5 Å². The summed E-state index contributed by atoms with van der Waals surface area (Å²) >= 11 is 0. The number of carbonyl (C=O) groups excluding carboxylic acids is 1. The van der Waals surface area contributed by atoms with Crippen molar-refractivity contribution in [1.82, 2.24) is 0 Å². The number of rotatable bonds is 0. The highest BCUT2D eigenvalue weighted by atomic mass is 16.6. The Morgan fingerprint density at radius 2 is 2.42 bits per heavy atom. The summed E-state index contributed by atoms with van der Waals surface area (Å²) in [5.74, 6) is 0.638. The van der Waals surface area contributed by atoms with E-state index in [4.69, 9.17) is 9.47 Å². The van der Waals surface area contributed by atoms with Crippen LogP contribution in [-0.2, 0) is 14.3 Å². The Morgan fingerprint density at radius 3 is 3.17 bits per heavy atom. The Bertz CT molecular complexity index is 238. The molecule has 3 aliphatic rings. The third kappa shape index (κ3) is 0.600. The van der Waals surface area contributed by atoms with E-state index in [1.807, 2.05) is 0 Å². The maximum atomic E-state index is 11.2. The Hall–Kier alpha value is -0.570. The van der Waals surface area contributed by atoms with Gasteiger partial charge in [0.1, 0.15) is 12.2 Å². The quantitative estimate of drug-likeness (QED) is 0.500. The molecule has 3 heteroatoms. The minimum absolute atomic E-state index is 0.0341. The van der Waals surface area contributed by atoms with Gasteiger partial charge in [-0.05, 0) is 25.2 Å². The largest absolute Gasteiger partial charge is 0.462 e. The number of cyclic esters (lactones) is 1. The average Bonchev–Trinajstić information content (AvgIpc) is 2.29. The van der Waals surface area contributed by atoms with Crippen LogP contribution in [0.25, 0.3) is 0 Å². The van der Waals surface area contributed by atoms with Crippen LogP contribution in [0.2, 0.25) is 0 Å². The number of hydrogen-bond acceptors (Lipinski definition) is 3. The van der Waals surface area contributed by atoms with E-state index in [9.17, 15) is 4.79 Å². The van der Waals surface area contributed by atoms with Gasteiger partial charge in [0.05, 0.1) is 5.92 Å². The van der Waals surface area contributed by atoms with Gasteiger partial charge in [0, 0.05) is 6.61 Å². The first kappa shape index (κ1) is 6.89. The Labute approximate surface area is 71.0 Å². The van der Waals surface area contributed by atoms with E-state index in [2.05, 4.69) is 0 Å². The molecular weight excluding hydrogens is 156 g/mol. The van der Waals surface area contributed by atoms with Crippen molar-refractivity contribution in [3.8, 4) is 0 Å². The number of hydrogen-bond donors (Lipinski definition) is 0. The first-order chi connectivity index (χ1) is 5.83. The zero-order chi connectivity index (χ0) is 8.18. The zero-order valence-corrected chi connectivity index (χ0v) is 6.91. The van der Waals surface area contributed by atoms with Gasteiger partial charge in [-0.3, -0.25) is 4.79 Å². The summed E-state index contributed by atoms with van der Waals surface area (Å²) in [6, 6.07) is 0. The van der Waals surface area contributed by atoms with Crippen molar-refractivity contribution in [2.24, 2.45) is 11.8 Å². The monoisotopic (exact) mass is 168 g/mol. The summed E-state index contributed by atoms with van der Waals surface area (Å²) in [5.41, 5.74) is -0.171. The van der Waals surface area contributed by atoms with Gasteiger partial charge >= 0.3 is 5.97 Å². The molecule has 2 heterocycles. The lowest BCUT2D eigenvalue weighted by atomic mass is 9.60. The van der Waals surface area contributed by atoms with Crippen molar-refractivity contribution in [3.63, 3.8) is 0 Å². The molecule has 0 unspecified atom stereocenters. The van der Waals surface area contributed by atoms with Gasteiger partial charge in [-0.25, -0.2) is 0 Å². The molecule has 0 amide bonds. The average molecular weight is 168 g/mol. The van der Waals surface area contributed by atoms with Crippen molar-refractivity contribution in [1.29, 1.82) is 0 Å². The molecule has 0 aromatic carbocycles.